The third-order valence-electron chi connectivity index (χ3n) is 6.37. The van der Waals surface area contributed by atoms with Gasteiger partial charge < -0.3 is 15.4 Å². The van der Waals surface area contributed by atoms with E-state index in [0.717, 1.165) is 16.0 Å². The third-order valence-corrected chi connectivity index (χ3v) is 10.1. The number of hydrogen-bond donors (Lipinski definition) is 2. The normalized spacial score (nSPS) is 12.6. The lowest BCUT2D eigenvalue weighted by Crippen LogP contribution is -2.40. The van der Waals surface area contributed by atoms with Gasteiger partial charge in [0.2, 0.25) is 0 Å². The molecule has 1 unspecified atom stereocenters. The van der Waals surface area contributed by atoms with Crippen LogP contribution in [0.1, 0.15) is 42.0 Å². The zero-order valence-corrected chi connectivity index (χ0v) is 26.8. The molecule has 5 aromatic rings. The van der Waals surface area contributed by atoms with Gasteiger partial charge in [-0.15, -0.1) is 11.3 Å². The second-order valence-electron chi connectivity index (χ2n) is 10.6. The van der Waals surface area contributed by atoms with E-state index in [2.05, 4.69) is 31.5 Å². The second-order valence-corrected chi connectivity index (χ2v) is 14.4. The Balaban J connectivity index is 1.42. The largest absolute Gasteiger partial charge is 0.444 e. The van der Waals surface area contributed by atoms with Crippen molar-refractivity contribution in [2.45, 2.75) is 37.3 Å². The van der Waals surface area contributed by atoms with Crippen LogP contribution < -0.4 is 10.6 Å². The minimum Gasteiger partial charge on any atom is -0.444 e. The summed E-state index contributed by atoms with van der Waals surface area (Å²) in [6, 6.07) is 22.2. The maximum absolute atomic E-state index is 13.5. The average Bonchev–Trinajstić information content (AvgIpc) is 3.59. The highest BCUT2D eigenvalue weighted by Crippen LogP contribution is 2.40. The molecule has 12 heteroatoms. The van der Waals surface area contributed by atoms with Gasteiger partial charge in [-0.05, 0) is 72.6 Å². The number of fused-ring (bicyclic) bond motifs is 1. The number of rotatable bonds is 8. The molecule has 3 aromatic heterocycles. The van der Waals surface area contributed by atoms with Crippen LogP contribution in [0, 0.1) is 0 Å². The molecule has 2 N–H and O–H groups in total. The predicted octanol–water partition coefficient (Wildman–Crippen LogP) is 6.76. The molecular formula is C31H29BrN4O5S2. The van der Waals surface area contributed by atoms with Gasteiger partial charge in [0.1, 0.15) is 5.60 Å². The summed E-state index contributed by atoms with van der Waals surface area (Å²) in [5, 5.41) is 6.39. The van der Waals surface area contributed by atoms with Crippen LogP contribution in [0.15, 0.2) is 101 Å². The molecule has 0 aliphatic heterocycles. The molecule has 9 nitrogen and oxygen atoms in total. The van der Waals surface area contributed by atoms with E-state index in [4.69, 9.17) is 4.74 Å². The standard InChI is InChI=1S/C31H29BrN4O5S2/c1-31(2,3)41-30(38)34-19-25(20-10-6-4-7-11-20)35-29(37)26-18-24(32)27(42-26)22-14-16-33-28-23(22)15-17-36(28)43(39,40)21-12-8-5-9-13-21/h4-18,25H,19H2,1-3H3,(H,34,38)(H,35,37). The van der Waals surface area contributed by atoms with Crippen molar-refractivity contribution in [1.29, 1.82) is 0 Å². The van der Waals surface area contributed by atoms with Gasteiger partial charge >= 0.3 is 6.09 Å². The molecule has 0 saturated carbocycles. The Morgan fingerprint density at radius 3 is 2.37 bits per heavy atom. The van der Waals surface area contributed by atoms with E-state index in [9.17, 15) is 18.0 Å². The quantitative estimate of drug-likeness (QED) is 0.187. The minimum absolute atomic E-state index is 0.123. The minimum atomic E-state index is -3.86. The highest BCUT2D eigenvalue weighted by Gasteiger charge is 2.24. The summed E-state index contributed by atoms with van der Waals surface area (Å²) in [7, 11) is -3.86. The topological polar surface area (TPSA) is 119 Å². The number of nitrogens with one attached hydrogen (secondary N) is 2. The van der Waals surface area contributed by atoms with Crippen molar-refractivity contribution in [2.24, 2.45) is 0 Å². The van der Waals surface area contributed by atoms with E-state index in [1.54, 1.807) is 63.4 Å². The number of alkyl carbamates (subject to hydrolysis) is 1. The van der Waals surface area contributed by atoms with Crippen molar-refractivity contribution in [3.05, 3.63) is 106 Å². The molecule has 0 radical (unpaired) electrons. The first-order valence-corrected chi connectivity index (χ1v) is 16.4. The lowest BCUT2D eigenvalue weighted by Gasteiger charge is -2.23. The first-order valence-electron chi connectivity index (χ1n) is 13.3. The van der Waals surface area contributed by atoms with Gasteiger partial charge in [0.15, 0.2) is 5.65 Å². The van der Waals surface area contributed by atoms with Crippen molar-refractivity contribution < 1.29 is 22.7 Å². The van der Waals surface area contributed by atoms with E-state index in [-0.39, 0.29) is 23.0 Å². The number of hydrogen-bond acceptors (Lipinski definition) is 7. The lowest BCUT2D eigenvalue weighted by molar-refractivity contribution is 0.0520. The zero-order valence-electron chi connectivity index (χ0n) is 23.6. The monoisotopic (exact) mass is 680 g/mol. The molecule has 0 aliphatic carbocycles. The molecule has 0 fully saturated rings. The smallest absolute Gasteiger partial charge is 0.407 e. The zero-order chi connectivity index (χ0) is 30.8. The SMILES string of the molecule is CC(C)(C)OC(=O)NCC(NC(=O)c1cc(Br)c(-c2ccnc3c2ccn3S(=O)(=O)c2ccccc2)s1)c1ccccc1. The summed E-state index contributed by atoms with van der Waals surface area (Å²) < 4.78 is 33.9. The number of carbonyl (C=O) groups excluding carboxylic acids is 2. The van der Waals surface area contributed by atoms with Gasteiger partial charge in [-0.3, -0.25) is 4.79 Å². The number of benzene rings is 2. The van der Waals surface area contributed by atoms with Gasteiger partial charge in [-0.2, -0.15) is 0 Å². The maximum atomic E-state index is 13.5. The summed E-state index contributed by atoms with van der Waals surface area (Å²) in [4.78, 5) is 31.5. The number of amides is 2. The van der Waals surface area contributed by atoms with Crippen molar-refractivity contribution in [1.82, 2.24) is 19.6 Å². The fraction of sp³-hybridized carbons (Fsp3) is 0.194. The molecule has 0 spiro atoms. The van der Waals surface area contributed by atoms with Crippen LogP contribution in [0.2, 0.25) is 0 Å². The van der Waals surface area contributed by atoms with Crippen LogP contribution >= 0.6 is 27.3 Å². The van der Waals surface area contributed by atoms with Crippen molar-refractivity contribution in [3.63, 3.8) is 0 Å². The highest BCUT2D eigenvalue weighted by atomic mass is 79.9. The van der Waals surface area contributed by atoms with Crippen LogP contribution in [0.3, 0.4) is 0 Å². The predicted molar refractivity (Wildman–Crippen MR) is 171 cm³/mol. The Morgan fingerprint density at radius 2 is 1.70 bits per heavy atom. The molecule has 0 aliphatic rings. The summed E-state index contributed by atoms with van der Waals surface area (Å²) in [5.74, 6) is -0.327. The van der Waals surface area contributed by atoms with E-state index < -0.39 is 27.8 Å². The van der Waals surface area contributed by atoms with Crippen LogP contribution in [-0.2, 0) is 14.8 Å². The van der Waals surface area contributed by atoms with Gasteiger partial charge in [-0.1, -0.05) is 48.5 Å². The number of thiophene rings is 1. The average molecular weight is 682 g/mol. The van der Waals surface area contributed by atoms with Crippen LogP contribution in [0.4, 0.5) is 4.79 Å². The van der Waals surface area contributed by atoms with Gasteiger partial charge in [-0.25, -0.2) is 22.2 Å². The second kappa shape index (κ2) is 12.3. The maximum Gasteiger partial charge on any atom is 0.407 e. The van der Waals surface area contributed by atoms with Crippen molar-refractivity contribution >= 4 is 60.3 Å². The number of aromatic nitrogens is 2. The molecule has 1 atom stereocenters. The van der Waals surface area contributed by atoms with Crippen molar-refractivity contribution in [2.75, 3.05) is 6.54 Å². The summed E-state index contributed by atoms with van der Waals surface area (Å²) >= 11 is 4.85. The summed E-state index contributed by atoms with van der Waals surface area (Å²) in [6.07, 6.45) is 2.46. The van der Waals surface area contributed by atoms with E-state index >= 15 is 0 Å². The Kier molecular flexibility index (Phi) is 8.72. The fourth-order valence-corrected chi connectivity index (χ4v) is 7.60. The van der Waals surface area contributed by atoms with E-state index in [1.165, 1.54) is 33.6 Å². The molecule has 0 saturated heterocycles. The van der Waals surface area contributed by atoms with Gasteiger partial charge in [0.25, 0.3) is 15.9 Å². The molecular weight excluding hydrogens is 652 g/mol. The molecule has 3 heterocycles. The molecule has 2 aromatic carbocycles. The fourth-order valence-electron chi connectivity index (χ4n) is 4.44. The Labute approximate surface area is 262 Å². The molecule has 2 amide bonds. The van der Waals surface area contributed by atoms with Gasteiger partial charge in [0.05, 0.1) is 20.7 Å². The van der Waals surface area contributed by atoms with E-state index in [1.807, 2.05) is 30.3 Å². The number of carbonyl (C=O) groups is 2. The number of ether oxygens (including phenoxy) is 1. The molecule has 0 bridgehead atoms. The van der Waals surface area contributed by atoms with Crippen molar-refractivity contribution in [3.8, 4) is 10.4 Å². The first-order chi connectivity index (χ1) is 20.4. The van der Waals surface area contributed by atoms with Crippen LogP contribution in [0.5, 0.6) is 0 Å². The number of pyridine rings is 1. The molecule has 5 rings (SSSR count). The third kappa shape index (κ3) is 6.82. The Bertz CT molecular complexity index is 1880. The van der Waals surface area contributed by atoms with E-state index in [0.29, 0.717) is 14.7 Å². The lowest BCUT2D eigenvalue weighted by atomic mass is 10.1. The van der Waals surface area contributed by atoms with Crippen LogP contribution in [0.25, 0.3) is 21.5 Å². The number of nitrogens with zero attached hydrogens (tertiary/aromatic N) is 2. The molecule has 43 heavy (non-hydrogen) atoms. The number of halogens is 1. The van der Waals surface area contributed by atoms with Gasteiger partial charge in [0, 0.05) is 34.4 Å². The Morgan fingerprint density at radius 1 is 1.02 bits per heavy atom. The molecule has 222 valence electrons. The first kappa shape index (κ1) is 30.5. The Hall–Kier alpha value is -4.00. The summed E-state index contributed by atoms with van der Waals surface area (Å²) in [6.45, 7) is 5.47. The highest BCUT2D eigenvalue weighted by molar-refractivity contribution is 9.10. The van der Waals surface area contributed by atoms with Crippen LogP contribution in [-0.4, -0.2) is 41.5 Å². The summed E-state index contributed by atoms with van der Waals surface area (Å²) in [5.41, 5.74) is 1.18.